The molecule has 0 aliphatic carbocycles. The number of ether oxygens (including phenoxy) is 2. The molecule has 1 aliphatic rings. The molecule has 1 atom stereocenters. The molecule has 13 nitrogen and oxygen atoms in total. The summed E-state index contributed by atoms with van der Waals surface area (Å²) in [7, 11) is 0. The topological polar surface area (TPSA) is 150 Å². The Balaban J connectivity index is 1.21. The first-order valence-electron chi connectivity index (χ1n) is 16.1. The second-order valence-corrected chi connectivity index (χ2v) is 13.2. The summed E-state index contributed by atoms with van der Waals surface area (Å²) in [6.07, 6.45) is -1.80. The molecule has 0 saturated carbocycles. The van der Waals surface area contributed by atoms with Crippen molar-refractivity contribution in [3.8, 4) is 5.75 Å². The Labute approximate surface area is 285 Å². The van der Waals surface area contributed by atoms with Crippen molar-refractivity contribution in [1.82, 2.24) is 29.8 Å². The Bertz CT molecular complexity index is 1710. The van der Waals surface area contributed by atoms with Crippen LogP contribution in [0.15, 0.2) is 47.5 Å². The maximum absolute atomic E-state index is 14.9. The van der Waals surface area contributed by atoms with Gasteiger partial charge in [-0.25, -0.2) is 9.18 Å². The van der Waals surface area contributed by atoms with Crippen molar-refractivity contribution in [1.29, 1.82) is 0 Å². The maximum Gasteiger partial charge on any atom is 0.410 e. The summed E-state index contributed by atoms with van der Waals surface area (Å²) in [6.45, 7) is 6.34. The molecule has 2 aromatic heterocycles. The number of aryl methyl sites for hydroxylation is 1. The minimum absolute atomic E-state index is 0.00469. The number of likely N-dealkylation sites (tertiary alicyclic amines) is 1. The summed E-state index contributed by atoms with van der Waals surface area (Å²) in [5.74, 6) is -2.40. The maximum atomic E-state index is 14.9. The Hall–Kier alpha value is -4.96. The van der Waals surface area contributed by atoms with E-state index in [1.54, 1.807) is 31.7 Å². The first-order chi connectivity index (χ1) is 23.5. The normalized spacial score (nSPS) is 14.6. The van der Waals surface area contributed by atoms with E-state index in [-0.39, 0.29) is 49.0 Å². The number of carbonyl (C=O) groups excluding carboxylic acids is 3. The Kier molecular flexibility index (Phi) is 12.2. The van der Waals surface area contributed by atoms with Crippen LogP contribution in [0.3, 0.4) is 0 Å². The zero-order valence-corrected chi connectivity index (χ0v) is 28.3. The Morgan fingerprint density at radius 3 is 2.50 bits per heavy atom. The average molecular weight is 708 g/mol. The molecule has 50 heavy (non-hydrogen) atoms. The molecule has 3 heterocycles. The highest BCUT2D eigenvalue weighted by Gasteiger charge is 2.28. The van der Waals surface area contributed by atoms with E-state index >= 15 is 0 Å². The third-order valence-electron chi connectivity index (χ3n) is 7.61. The van der Waals surface area contributed by atoms with Crippen LogP contribution in [0.4, 0.5) is 28.0 Å². The summed E-state index contributed by atoms with van der Waals surface area (Å²) >= 11 is 0. The van der Waals surface area contributed by atoms with Crippen LogP contribution in [-0.4, -0.2) is 73.3 Å². The predicted molar refractivity (Wildman–Crippen MR) is 173 cm³/mol. The van der Waals surface area contributed by atoms with E-state index in [1.807, 2.05) is 0 Å². The number of carbonyl (C=O) groups is 3. The van der Waals surface area contributed by atoms with E-state index in [0.717, 1.165) is 4.57 Å². The Morgan fingerprint density at radius 2 is 1.82 bits per heavy atom. The lowest BCUT2D eigenvalue weighted by Crippen LogP contribution is -2.42. The molecule has 0 bridgehead atoms. The van der Waals surface area contributed by atoms with Gasteiger partial charge in [-0.1, -0.05) is 17.3 Å². The molecule has 272 valence electrons. The number of alkyl halides is 3. The number of aromatic nitrogens is 4. The molecule has 0 spiro atoms. The van der Waals surface area contributed by atoms with Crippen LogP contribution < -0.4 is 20.9 Å². The fourth-order valence-corrected chi connectivity index (χ4v) is 5.18. The molecule has 1 aromatic carbocycles. The van der Waals surface area contributed by atoms with Crippen LogP contribution in [0, 0.1) is 11.7 Å². The van der Waals surface area contributed by atoms with Crippen LogP contribution in [-0.2, 0) is 29.2 Å². The van der Waals surface area contributed by atoms with Crippen molar-refractivity contribution in [2.75, 3.05) is 18.4 Å². The van der Waals surface area contributed by atoms with E-state index in [0.29, 0.717) is 38.4 Å². The smallest absolute Gasteiger partial charge is 0.410 e. The lowest BCUT2D eigenvalue weighted by atomic mass is 9.93. The lowest BCUT2D eigenvalue weighted by Gasteiger charge is -2.33. The molecule has 4 rings (SSSR count). The van der Waals surface area contributed by atoms with Gasteiger partial charge in [-0.2, -0.15) is 13.2 Å². The summed E-state index contributed by atoms with van der Waals surface area (Å²) in [5.41, 5.74) is -1.58. The lowest BCUT2D eigenvalue weighted by molar-refractivity contribution is -0.159. The van der Waals surface area contributed by atoms with E-state index in [9.17, 15) is 36.7 Å². The number of rotatable bonds is 13. The molecule has 3 aromatic rings. The summed E-state index contributed by atoms with van der Waals surface area (Å²) in [6, 6.07) is 7.03. The number of amides is 3. The zero-order valence-electron chi connectivity index (χ0n) is 28.3. The van der Waals surface area contributed by atoms with Crippen LogP contribution in [0.25, 0.3) is 0 Å². The average Bonchev–Trinajstić information content (AvgIpc) is 3.51. The van der Waals surface area contributed by atoms with Gasteiger partial charge in [0.15, 0.2) is 5.69 Å². The van der Waals surface area contributed by atoms with Gasteiger partial charge in [-0.15, -0.1) is 5.10 Å². The molecule has 1 aliphatic heterocycles. The highest BCUT2D eigenvalue weighted by molar-refractivity contribution is 5.92. The summed E-state index contributed by atoms with van der Waals surface area (Å²) in [4.78, 5) is 51.5. The van der Waals surface area contributed by atoms with E-state index in [2.05, 4.69) is 25.7 Å². The van der Waals surface area contributed by atoms with Crippen LogP contribution in [0.2, 0.25) is 0 Å². The highest BCUT2D eigenvalue weighted by atomic mass is 19.3. The number of pyridine rings is 1. The molecule has 0 radical (unpaired) electrons. The van der Waals surface area contributed by atoms with E-state index < -0.39 is 53.7 Å². The molecular weight excluding hydrogens is 666 g/mol. The van der Waals surface area contributed by atoms with Crippen LogP contribution >= 0.6 is 0 Å². The van der Waals surface area contributed by atoms with Crippen molar-refractivity contribution in [2.45, 2.75) is 90.9 Å². The van der Waals surface area contributed by atoms with Gasteiger partial charge in [0.1, 0.15) is 17.5 Å². The number of hydrogen-bond donors (Lipinski definition) is 2. The van der Waals surface area contributed by atoms with Gasteiger partial charge in [0.2, 0.25) is 11.7 Å². The third-order valence-corrected chi connectivity index (χ3v) is 7.61. The van der Waals surface area contributed by atoms with Crippen LogP contribution in [0.1, 0.15) is 69.4 Å². The largest absolute Gasteiger partial charge is 0.444 e. The zero-order chi connectivity index (χ0) is 36.6. The second-order valence-electron chi connectivity index (χ2n) is 13.2. The quantitative estimate of drug-likeness (QED) is 0.238. The number of piperidine rings is 1. The molecule has 1 fully saturated rings. The van der Waals surface area contributed by atoms with Crippen molar-refractivity contribution < 1.29 is 41.4 Å². The summed E-state index contributed by atoms with van der Waals surface area (Å²) in [5, 5.41) is 12.6. The van der Waals surface area contributed by atoms with Gasteiger partial charge in [0, 0.05) is 45.7 Å². The predicted octanol–water partition coefficient (Wildman–Crippen LogP) is 4.90. The molecule has 1 unspecified atom stereocenters. The number of benzene rings is 1. The van der Waals surface area contributed by atoms with Crippen molar-refractivity contribution in [2.24, 2.45) is 5.92 Å². The molecule has 2 N–H and O–H groups in total. The number of nitrogens with zero attached hydrogens (tertiary/aromatic N) is 5. The van der Waals surface area contributed by atoms with Gasteiger partial charge in [-0.05, 0) is 69.7 Å². The minimum atomic E-state index is -3.36. The minimum Gasteiger partial charge on any atom is -0.444 e. The Morgan fingerprint density at radius 1 is 1.10 bits per heavy atom. The van der Waals surface area contributed by atoms with Crippen molar-refractivity contribution in [3.05, 3.63) is 70.2 Å². The third kappa shape index (κ3) is 11.6. The first kappa shape index (κ1) is 37.9. The first-order valence-corrected chi connectivity index (χ1v) is 16.1. The summed E-state index contributed by atoms with van der Waals surface area (Å²) < 4.78 is 68.0. The van der Waals surface area contributed by atoms with Crippen LogP contribution in [0.5, 0.6) is 5.75 Å². The fraction of sp³-hybridized carbons (Fsp3) is 0.515. The monoisotopic (exact) mass is 707 g/mol. The molecule has 1 saturated heterocycles. The molecule has 17 heteroatoms. The number of halogens is 4. The van der Waals surface area contributed by atoms with Crippen molar-refractivity contribution >= 4 is 23.6 Å². The molecular formula is C33H41F4N7O6. The van der Waals surface area contributed by atoms with Gasteiger partial charge in [-0.3, -0.25) is 19.1 Å². The SMILES string of the molecule is CC(C)(C)OC(=O)N1CCC(CC(=O)Nc2ccn(CC(F)CCn3cc(C(=O)NCc4cccc(OC(C)(F)F)c4)nn3)c(=O)c2F)CC1. The van der Waals surface area contributed by atoms with Gasteiger partial charge < -0.3 is 29.6 Å². The fourth-order valence-electron chi connectivity index (χ4n) is 5.18. The van der Waals surface area contributed by atoms with Gasteiger partial charge >= 0.3 is 12.2 Å². The second kappa shape index (κ2) is 16.2. The highest BCUT2D eigenvalue weighted by Crippen LogP contribution is 2.24. The number of anilines is 1. The number of hydrogen-bond acceptors (Lipinski definition) is 8. The van der Waals surface area contributed by atoms with Crippen molar-refractivity contribution in [3.63, 3.8) is 0 Å². The van der Waals surface area contributed by atoms with Gasteiger partial charge in [0.25, 0.3) is 11.5 Å². The van der Waals surface area contributed by atoms with E-state index in [1.165, 1.54) is 41.3 Å². The molecule has 3 amide bonds. The van der Waals surface area contributed by atoms with E-state index in [4.69, 9.17) is 4.74 Å². The number of nitrogens with one attached hydrogen (secondary N) is 2. The van der Waals surface area contributed by atoms with Gasteiger partial charge in [0.05, 0.1) is 18.4 Å². The standard InChI is InChI=1S/C33H41F4N7O6/c1-32(2,3)50-31(48)42-12-8-21(9-13-42)17-27(45)39-25-11-14-43(30(47)28(25)35)19-23(34)10-15-44-20-26(40-41-44)29(46)38-18-22-6-5-7-24(16-22)49-33(4,36)37/h5-7,11,14,16,20-21,23H,8-10,12-13,15,17-19H2,1-4H3,(H,38,46)(H,39,45).